The van der Waals surface area contributed by atoms with E-state index >= 15 is 0 Å². The second kappa shape index (κ2) is 4.97. The van der Waals surface area contributed by atoms with Crippen molar-refractivity contribution >= 4 is 34.2 Å². The minimum absolute atomic E-state index is 0.145. The molecule has 0 spiro atoms. The molecule has 1 saturated heterocycles. The zero-order chi connectivity index (χ0) is 11.5. The summed E-state index contributed by atoms with van der Waals surface area (Å²) >= 11 is 6.81. The van der Waals surface area contributed by atoms with Crippen molar-refractivity contribution in [1.82, 2.24) is 4.90 Å². The Morgan fingerprint density at radius 2 is 2.19 bits per heavy atom. The third-order valence-electron chi connectivity index (χ3n) is 2.65. The number of hydrogen-bond acceptors (Lipinski definition) is 3. The number of thiocarbonyl (C=S) groups is 1. The van der Waals surface area contributed by atoms with Gasteiger partial charge >= 0.3 is 0 Å². The van der Waals surface area contributed by atoms with E-state index in [0.29, 0.717) is 17.3 Å². The molecule has 1 aromatic rings. The van der Waals surface area contributed by atoms with Crippen molar-refractivity contribution in [1.29, 1.82) is 0 Å². The van der Waals surface area contributed by atoms with Gasteiger partial charge in [-0.3, -0.25) is 9.69 Å². The summed E-state index contributed by atoms with van der Waals surface area (Å²) in [5.41, 5.74) is 2.37. The molecular formula is C12H13NOS2. The fourth-order valence-corrected chi connectivity index (χ4v) is 2.84. The lowest BCUT2D eigenvalue weighted by Gasteiger charge is -2.27. The van der Waals surface area contributed by atoms with Crippen molar-refractivity contribution in [2.45, 2.75) is 19.9 Å². The van der Waals surface area contributed by atoms with Gasteiger partial charge in [-0.1, -0.05) is 48.2 Å². The third kappa shape index (κ3) is 2.44. The molecule has 0 aromatic heterocycles. The van der Waals surface area contributed by atoms with Crippen LogP contribution in [-0.4, -0.2) is 20.9 Å². The van der Waals surface area contributed by atoms with E-state index in [0.717, 1.165) is 5.75 Å². The minimum Gasteiger partial charge on any atom is -0.293 e. The van der Waals surface area contributed by atoms with Crippen LogP contribution in [0.3, 0.4) is 0 Å². The van der Waals surface area contributed by atoms with Crippen LogP contribution in [0.15, 0.2) is 24.3 Å². The van der Waals surface area contributed by atoms with Crippen molar-refractivity contribution in [2.75, 3.05) is 5.75 Å². The number of rotatable bonds is 2. The molecular weight excluding hydrogens is 238 g/mol. The first-order chi connectivity index (χ1) is 7.68. The summed E-state index contributed by atoms with van der Waals surface area (Å²) in [6.07, 6.45) is 0.594. The van der Waals surface area contributed by atoms with E-state index in [2.05, 4.69) is 13.0 Å². The lowest BCUT2D eigenvalue weighted by molar-refractivity contribution is -0.127. The molecule has 0 saturated carbocycles. The highest BCUT2D eigenvalue weighted by Gasteiger charge is 2.23. The van der Waals surface area contributed by atoms with Gasteiger partial charge in [-0.05, 0) is 18.1 Å². The number of aryl methyl sites for hydroxylation is 1. The number of nitrogens with zero attached hydrogens (tertiary/aromatic N) is 1. The van der Waals surface area contributed by atoms with Crippen molar-refractivity contribution in [3.8, 4) is 0 Å². The zero-order valence-corrected chi connectivity index (χ0v) is 10.7. The van der Waals surface area contributed by atoms with E-state index in [9.17, 15) is 4.79 Å². The van der Waals surface area contributed by atoms with Crippen LogP contribution in [0, 0.1) is 6.92 Å². The van der Waals surface area contributed by atoms with Crippen LogP contribution in [0.25, 0.3) is 0 Å². The Kier molecular flexibility index (Phi) is 3.61. The monoisotopic (exact) mass is 251 g/mol. The first-order valence-electron chi connectivity index (χ1n) is 5.20. The van der Waals surface area contributed by atoms with E-state index in [1.807, 2.05) is 18.2 Å². The molecule has 4 heteroatoms. The van der Waals surface area contributed by atoms with Crippen LogP contribution in [-0.2, 0) is 11.3 Å². The maximum absolute atomic E-state index is 11.7. The second-order valence-electron chi connectivity index (χ2n) is 3.77. The van der Waals surface area contributed by atoms with Crippen molar-refractivity contribution in [3.63, 3.8) is 0 Å². The molecule has 1 heterocycles. The van der Waals surface area contributed by atoms with Gasteiger partial charge in [-0.15, -0.1) is 0 Å². The Bertz CT molecular complexity index is 415. The Morgan fingerprint density at radius 1 is 1.44 bits per heavy atom. The summed E-state index contributed by atoms with van der Waals surface area (Å²) in [6.45, 7) is 2.66. The quantitative estimate of drug-likeness (QED) is 0.754. The maximum atomic E-state index is 11.7. The van der Waals surface area contributed by atoms with Gasteiger partial charge in [0.05, 0.1) is 6.54 Å². The molecule has 1 aliphatic rings. The summed E-state index contributed by atoms with van der Waals surface area (Å²) < 4.78 is 0.708. The molecule has 0 atom stereocenters. The smallest absolute Gasteiger partial charge is 0.229 e. The zero-order valence-electron chi connectivity index (χ0n) is 9.10. The van der Waals surface area contributed by atoms with Crippen LogP contribution in [0.4, 0.5) is 0 Å². The molecule has 1 fully saturated rings. The van der Waals surface area contributed by atoms with Gasteiger partial charge < -0.3 is 0 Å². The Balaban J connectivity index is 2.17. The number of benzene rings is 1. The molecule has 2 rings (SSSR count). The van der Waals surface area contributed by atoms with Crippen LogP contribution in [0.1, 0.15) is 17.5 Å². The highest BCUT2D eigenvalue weighted by molar-refractivity contribution is 8.23. The molecule has 0 unspecified atom stereocenters. The highest BCUT2D eigenvalue weighted by Crippen LogP contribution is 2.22. The molecule has 0 N–H and O–H groups in total. The third-order valence-corrected chi connectivity index (χ3v) is 4.10. The maximum Gasteiger partial charge on any atom is 0.229 e. The topological polar surface area (TPSA) is 20.3 Å². The molecule has 84 valence electrons. The van der Waals surface area contributed by atoms with E-state index in [1.54, 1.807) is 16.7 Å². The van der Waals surface area contributed by atoms with Crippen LogP contribution in [0.5, 0.6) is 0 Å². The van der Waals surface area contributed by atoms with E-state index < -0.39 is 0 Å². The van der Waals surface area contributed by atoms with Gasteiger partial charge in [-0.25, -0.2) is 0 Å². The first-order valence-corrected chi connectivity index (χ1v) is 6.59. The number of carbonyl (C=O) groups excluding carboxylic acids is 1. The van der Waals surface area contributed by atoms with Crippen molar-refractivity contribution in [2.24, 2.45) is 0 Å². The van der Waals surface area contributed by atoms with Crippen molar-refractivity contribution < 1.29 is 4.79 Å². The van der Waals surface area contributed by atoms with Gasteiger partial charge in [0, 0.05) is 12.2 Å². The minimum atomic E-state index is 0.145. The van der Waals surface area contributed by atoms with Crippen LogP contribution >= 0.6 is 24.0 Å². The average Bonchev–Trinajstić information content (AvgIpc) is 2.26. The summed E-state index contributed by atoms with van der Waals surface area (Å²) in [4.78, 5) is 13.5. The van der Waals surface area contributed by atoms with Gasteiger partial charge in [0.25, 0.3) is 0 Å². The van der Waals surface area contributed by atoms with Crippen molar-refractivity contribution in [3.05, 3.63) is 35.4 Å². The SMILES string of the molecule is Cc1ccccc1CN1C(=O)CCSC1=S. The summed E-state index contributed by atoms with van der Waals surface area (Å²) in [6, 6.07) is 8.10. The molecule has 1 amide bonds. The number of hydrogen-bond donors (Lipinski definition) is 0. The molecule has 2 nitrogen and oxygen atoms in total. The van der Waals surface area contributed by atoms with Gasteiger partial charge in [-0.2, -0.15) is 0 Å². The van der Waals surface area contributed by atoms with Gasteiger partial charge in [0.15, 0.2) is 0 Å². The van der Waals surface area contributed by atoms with Gasteiger partial charge in [0.1, 0.15) is 4.32 Å². The highest BCUT2D eigenvalue weighted by atomic mass is 32.2. The molecule has 16 heavy (non-hydrogen) atoms. The normalized spacial score (nSPS) is 16.7. The second-order valence-corrected chi connectivity index (χ2v) is 5.50. The number of thioether (sulfide) groups is 1. The first kappa shape index (κ1) is 11.6. The Hall–Kier alpha value is -0.870. The molecule has 0 aliphatic carbocycles. The largest absolute Gasteiger partial charge is 0.293 e. The fraction of sp³-hybridized carbons (Fsp3) is 0.333. The molecule has 0 radical (unpaired) electrons. The predicted octanol–water partition coefficient (Wildman–Crippen LogP) is 2.75. The molecule has 0 bridgehead atoms. The predicted molar refractivity (Wildman–Crippen MR) is 71.4 cm³/mol. The van der Waals surface area contributed by atoms with Gasteiger partial charge in [0.2, 0.25) is 5.91 Å². The summed E-state index contributed by atoms with van der Waals surface area (Å²) in [5, 5.41) is 0. The fourth-order valence-electron chi connectivity index (χ4n) is 1.65. The van der Waals surface area contributed by atoms with Crippen LogP contribution in [0.2, 0.25) is 0 Å². The number of carbonyl (C=O) groups is 1. The molecule has 1 aromatic carbocycles. The summed E-state index contributed by atoms with van der Waals surface area (Å²) in [7, 11) is 0. The van der Waals surface area contributed by atoms with E-state index in [4.69, 9.17) is 12.2 Å². The molecule has 1 aliphatic heterocycles. The van der Waals surface area contributed by atoms with E-state index in [1.165, 1.54) is 11.1 Å². The standard InChI is InChI=1S/C12H13NOS2/c1-9-4-2-3-5-10(9)8-13-11(14)6-7-16-12(13)15/h2-5H,6-8H2,1H3. The summed E-state index contributed by atoms with van der Waals surface area (Å²) in [5.74, 6) is 0.967. The van der Waals surface area contributed by atoms with Crippen LogP contribution < -0.4 is 0 Å². The lowest BCUT2D eigenvalue weighted by Crippen LogP contribution is -2.37. The Labute approximate surface area is 105 Å². The average molecular weight is 251 g/mol. The lowest BCUT2D eigenvalue weighted by atomic mass is 10.1. The Morgan fingerprint density at radius 3 is 2.88 bits per heavy atom. The van der Waals surface area contributed by atoms with E-state index in [-0.39, 0.29) is 5.91 Å². The number of amides is 1.